The van der Waals surface area contributed by atoms with E-state index in [0.717, 1.165) is 11.1 Å². The highest BCUT2D eigenvalue weighted by atomic mass is 16.6. The predicted molar refractivity (Wildman–Crippen MR) is 103 cm³/mol. The molecule has 3 rings (SSSR count). The Morgan fingerprint density at radius 2 is 1.52 bits per heavy atom. The summed E-state index contributed by atoms with van der Waals surface area (Å²) in [4.78, 5) is 23.7. The van der Waals surface area contributed by atoms with E-state index in [9.17, 15) is 14.9 Å². The maximum atomic E-state index is 13.1. The van der Waals surface area contributed by atoms with E-state index in [1.54, 1.807) is 0 Å². The second-order valence-corrected chi connectivity index (χ2v) is 5.89. The van der Waals surface area contributed by atoms with E-state index in [-0.39, 0.29) is 17.3 Å². The summed E-state index contributed by atoms with van der Waals surface area (Å²) in [6.07, 6.45) is 0. The molecule has 1 N–H and O–H groups in total. The van der Waals surface area contributed by atoms with E-state index in [1.165, 1.54) is 25.3 Å². The van der Waals surface area contributed by atoms with Crippen LogP contribution in [0.5, 0.6) is 5.75 Å². The van der Waals surface area contributed by atoms with E-state index in [2.05, 4.69) is 5.32 Å². The Labute approximate surface area is 156 Å². The fourth-order valence-electron chi connectivity index (χ4n) is 2.90. The highest BCUT2D eigenvalue weighted by Gasteiger charge is 2.24. The third-order valence-corrected chi connectivity index (χ3v) is 4.18. The van der Waals surface area contributed by atoms with Crippen molar-refractivity contribution >= 4 is 17.3 Å². The van der Waals surface area contributed by atoms with Crippen LogP contribution in [0.25, 0.3) is 0 Å². The zero-order valence-corrected chi connectivity index (χ0v) is 14.7. The lowest BCUT2D eigenvalue weighted by Crippen LogP contribution is -2.22. The molecule has 0 aliphatic rings. The van der Waals surface area contributed by atoms with Crippen LogP contribution in [0.15, 0.2) is 78.9 Å². The van der Waals surface area contributed by atoms with Crippen LogP contribution in [0.4, 0.5) is 11.4 Å². The number of nitro benzene ring substituents is 1. The molecule has 27 heavy (non-hydrogen) atoms. The molecule has 1 amide bonds. The Hall–Kier alpha value is -3.67. The number of carbonyl (C=O) groups excluding carboxylic acids is 1. The third-order valence-electron chi connectivity index (χ3n) is 4.18. The van der Waals surface area contributed by atoms with E-state index >= 15 is 0 Å². The summed E-state index contributed by atoms with van der Waals surface area (Å²) in [6, 6.07) is 22.8. The van der Waals surface area contributed by atoms with Gasteiger partial charge >= 0.3 is 0 Å². The van der Waals surface area contributed by atoms with Gasteiger partial charge in [0.15, 0.2) is 0 Å². The Morgan fingerprint density at radius 3 is 2.00 bits per heavy atom. The molecule has 0 saturated carbocycles. The van der Waals surface area contributed by atoms with Crippen molar-refractivity contribution in [3.63, 3.8) is 0 Å². The number of hydrogen-bond acceptors (Lipinski definition) is 4. The van der Waals surface area contributed by atoms with E-state index in [1.807, 2.05) is 60.7 Å². The fraction of sp³-hybridized carbons (Fsp3) is 0.0952. The van der Waals surface area contributed by atoms with Gasteiger partial charge in [-0.2, -0.15) is 0 Å². The number of non-ortho nitro benzene ring substituents is 1. The number of ether oxygens (including phenoxy) is 1. The first-order valence-corrected chi connectivity index (χ1v) is 8.33. The van der Waals surface area contributed by atoms with Crippen molar-refractivity contribution in [3.05, 3.63) is 100 Å². The molecule has 0 heterocycles. The molecule has 136 valence electrons. The van der Waals surface area contributed by atoms with Gasteiger partial charge in [0.05, 0.1) is 23.6 Å². The second kappa shape index (κ2) is 8.14. The van der Waals surface area contributed by atoms with Gasteiger partial charge < -0.3 is 10.1 Å². The summed E-state index contributed by atoms with van der Waals surface area (Å²) in [5, 5.41) is 13.9. The Bertz CT molecular complexity index is 903. The number of amides is 1. The van der Waals surface area contributed by atoms with Gasteiger partial charge in [-0.1, -0.05) is 60.7 Å². The molecule has 0 saturated heterocycles. The Balaban J connectivity index is 1.99. The first-order valence-electron chi connectivity index (χ1n) is 8.33. The molecule has 0 atom stereocenters. The van der Waals surface area contributed by atoms with Crippen LogP contribution < -0.4 is 10.1 Å². The molecule has 0 aliphatic heterocycles. The quantitative estimate of drug-likeness (QED) is 0.521. The lowest BCUT2D eigenvalue weighted by molar-refractivity contribution is -0.384. The van der Waals surface area contributed by atoms with Gasteiger partial charge in [-0.05, 0) is 17.2 Å². The topological polar surface area (TPSA) is 81.5 Å². The van der Waals surface area contributed by atoms with Gasteiger partial charge in [-0.3, -0.25) is 14.9 Å². The summed E-state index contributed by atoms with van der Waals surface area (Å²) in [5.74, 6) is -0.503. The smallest absolute Gasteiger partial charge is 0.271 e. The minimum Gasteiger partial charge on any atom is -0.495 e. The summed E-state index contributed by atoms with van der Waals surface area (Å²) in [6.45, 7) is 0. The minimum atomic E-state index is -0.559. The standard InChI is InChI=1S/C21H18N2O4/c1-27-19-13-12-17(23(25)26)14-18(19)22-21(24)20(15-8-4-2-5-9-15)16-10-6-3-7-11-16/h2-14,20H,1H3,(H,22,24). The molecule has 6 heteroatoms. The highest BCUT2D eigenvalue weighted by molar-refractivity contribution is 5.99. The molecular formula is C21H18N2O4. The maximum Gasteiger partial charge on any atom is 0.271 e. The zero-order chi connectivity index (χ0) is 19.2. The first-order chi connectivity index (χ1) is 13.1. The maximum absolute atomic E-state index is 13.1. The minimum absolute atomic E-state index is 0.123. The lowest BCUT2D eigenvalue weighted by Gasteiger charge is -2.19. The van der Waals surface area contributed by atoms with Gasteiger partial charge in [0.1, 0.15) is 5.75 Å². The average molecular weight is 362 g/mol. The monoisotopic (exact) mass is 362 g/mol. The number of anilines is 1. The van der Waals surface area contributed by atoms with Crippen LogP contribution in [0.3, 0.4) is 0 Å². The van der Waals surface area contributed by atoms with Crippen molar-refractivity contribution < 1.29 is 14.5 Å². The number of nitrogens with one attached hydrogen (secondary N) is 1. The lowest BCUT2D eigenvalue weighted by atomic mass is 9.90. The Morgan fingerprint density at radius 1 is 0.963 bits per heavy atom. The molecule has 0 aliphatic carbocycles. The number of nitro groups is 1. The van der Waals surface area contributed by atoms with Crippen molar-refractivity contribution in [3.8, 4) is 5.75 Å². The summed E-state index contributed by atoms with van der Waals surface area (Å²) < 4.78 is 5.23. The predicted octanol–water partition coefficient (Wildman–Crippen LogP) is 4.37. The van der Waals surface area contributed by atoms with Crippen LogP contribution in [-0.4, -0.2) is 17.9 Å². The van der Waals surface area contributed by atoms with E-state index in [4.69, 9.17) is 4.74 Å². The van der Waals surface area contributed by atoms with Gasteiger partial charge in [0.2, 0.25) is 5.91 Å². The Kier molecular flexibility index (Phi) is 5.47. The summed E-state index contributed by atoms with van der Waals surface area (Å²) >= 11 is 0. The fourth-order valence-corrected chi connectivity index (χ4v) is 2.90. The number of hydrogen-bond donors (Lipinski definition) is 1. The number of rotatable bonds is 6. The zero-order valence-electron chi connectivity index (χ0n) is 14.7. The van der Waals surface area contributed by atoms with Crippen LogP contribution >= 0.6 is 0 Å². The van der Waals surface area contributed by atoms with E-state index < -0.39 is 10.8 Å². The number of nitrogens with zero attached hydrogens (tertiary/aromatic N) is 1. The number of methoxy groups -OCH3 is 1. The average Bonchev–Trinajstić information content (AvgIpc) is 2.69. The van der Waals surface area contributed by atoms with Crippen LogP contribution in [0.2, 0.25) is 0 Å². The molecule has 3 aromatic rings. The van der Waals surface area contributed by atoms with Crippen molar-refractivity contribution in [1.82, 2.24) is 0 Å². The molecular weight excluding hydrogens is 344 g/mol. The molecule has 0 aromatic heterocycles. The molecule has 3 aromatic carbocycles. The van der Waals surface area contributed by atoms with Crippen molar-refractivity contribution in [2.45, 2.75) is 5.92 Å². The molecule has 0 radical (unpaired) electrons. The van der Waals surface area contributed by atoms with Gasteiger partial charge in [-0.15, -0.1) is 0 Å². The first kappa shape index (κ1) is 18.1. The van der Waals surface area contributed by atoms with Gasteiger partial charge in [0, 0.05) is 12.1 Å². The number of carbonyl (C=O) groups is 1. The van der Waals surface area contributed by atoms with Crippen LogP contribution in [-0.2, 0) is 4.79 Å². The SMILES string of the molecule is COc1ccc([N+](=O)[O-])cc1NC(=O)C(c1ccccc1)c1ccccc1. The summed E-state index contributed by atoms with van der Waals surface area (Å²) in [5.41, 5.74) is 1.78. The second-order valence-electron chi connectivity index (χ2n) is 5.89. The third kappa shape index (κ3) is 4.12. The molecule has 0 spiro atoms. The van der Waals surface area contributed by atoms with Crippen molar-refractivity contribution in [2.24, 2.45) is 0 Å². The normalized spacial score (nSPS) is 10.4. The van der Waals surface area contributed by atoms with Gasteiger partial charge in [0.25, 0.3) is 5.69 Å². The van der Waals surface area contributed by atoms with Crippen molar-refractivity contribution in [1.29, 1.82) is 0 Å². The molecule has 0 fully saturated rings. The van der Waals surface area contributed by atoms with Gasteiger partial charge in [-0.25, -0.2) is 0 Å². The van der Waals surface area contributed by atoms with Crippen LogP contribution in [0.1, 0.15) is 17.0 Å². The van der Waals surface area contributed by atoms with Crippen LogP contribution in [0, 0.1) is 10.1 Å². The van der Waals surface area contributed by atoms with Crippen molar-refractivity contribution in [2.75, 3.05) is 12.4 Å². The highest BCUT2D eigenvalue weighted by Crippen LogP contribution is 2.32. The molecule has 0 bridgehead atoms. The number of benzene rings is 3. The molecule has 0 unspecified atom stereocenters. The largest absolute Gasteiger partial charge is 0.495 e. The van der Waals surface area contributed by atoms with E-state index in [0.29, 0.717) is 5.75 Å². The summed E-state index contributed by atoms with van der Waals surface area (Å²) in [7, 11) is 1.45. The molecule has 6 nitrogen and oxygen atoms in total.